The normalized spacial score (nSPS) is 24.4. The smallest absolute Gasteiger partial charge is 0.251 e. The average Bonchev–Trinajstić information content (AvgIpc) is 2.32. The van der Waals surface area contributed by atoms with Crippen molar-refractivity contribution in [1.29, 1.82) is 0 Å². The molecule has 0 heterocycles. The number of carbonyl (C=O) groups excluding carboxylic acids is 1. The Balaban J connectivity index is 2.01. The number of nitrogens with one attached hydrogen (secondary N) is 1. The van der Waals surface area contributed by atoms with Crippen LogP contribution in [0.15, 0.2) is 24.3 Å². The van der Waals surface area contributed by atoms with Gasteiger partial charge in [0.1, 0.15) is 0 Å². The first kappa shape index (κ1) is 12.9. The SMILES string of the molecule is C[C@H]1CCCC[C@@H]1NC(=O)c1cccc(I)c1. The Morgan fingerprint density at radius 2 is 2.12 bits per heavy atom. The fourth-order valence-electron chi connectivity index (χ4n) is 2.41. The number of hydrogen-bond donors (Lipinski definition) is 1. The number of rotatable bonds is 2. The molecule has 1 N–H and O–H groups in total. The minimum absolute atomic E-state index is 0.0715. The molecule has 3 heteroatoms. The van der Waals surface area contributed by atoms with Gasteiger partial charge in [0.15, 0.2) is 0 Å². The lowest BCUT2D eigenvalue weighted by atomic mass is 9.86. The second-order valence-electron chi connectivity index (χ2n) is 4.85. The van der Waals surface area contributed by atoms with Crippen molar-refractivity contribution in [3.8, 4) is 0 Å². The van der Waals surface area contributed by atoms with Gasteiger partial charge in [0.05, 0.1) is 0 Å². The molecule has 1 aliphatic rings. The number of amides is 1. The third-order valence-electron chi connectivity index (χ3n) is 3.51. The fourth-order valence-corrected chi connectivity index (χ4v) is 2.96. The van der Waals surface area contributed by atoms with Crippen molar-refractivity contribution in [3.05, 3.63) is 33.4 Å². The van der Waals surface area contributed by atoms with E-state index in [1.165, 1.54) is 19.3 Å². The Hall–Kier alpha value is -0.580. The molecule has 0 saturated heterocycles. The van der Waals surface area contributed by atoms with Gasteiger partial charge in [0.25, 0.3) is 5.91 Å². The fraction of sp³-hybridized carbons (Fsp3) is 0.500. The first-order chi connectivity index (χ1) is 8.16. The van der Waals surface area contributed by atoms with E-state index in [1.54, 1.807) is 0 Å². The summed E-state index contributed by atoms with van der Waals surface area (Å²) in [6, 6.07) is 8.10. The van der Waals surface area contributed by atoms with Gasteiger partial charge in [0, 0.05) is 15.2 Å². The number of benzene rings is 1. The highest BCUT2D eigenvalue weighted by atomic mass is 127. The van der Waals surface area contributed by atoms with Gasteiger partial charge in [-0.05, 0) is 59.5 Å². The van der Waals surface area contributed by atoms with E-state index in [4.69, 9.17) is 0 Å². The third kappa shape index (κ3) is 3.44. The van der Waals surface area contributed by atoms with Crippen molar-refractivity contribution < 1.29 is 4.79 Å². The van der Waals surface area contributed by atoms with E-state index < -0.39 is 0 Å². The van der Waals surface area contributed by atoms with Gasteiger partial charge in [-0.1, -0.05) is 25.8 Å². The van der Waals surface area contributed by atoms with Crippen LogP contribution < -0.4 is 5.32 Å². The molecule has 1 saturated carbocycles. The van der Waals surface area contributed by atoms with E-state index in [0.29, 0.717) is 12.0 Å². The quantitative estimate of drug-likeness (QED) is 0.817. The van der Waals surface area contributed by atoms with Crippen LogP contribution in [0.25, 0.3) is 0 Å². The van der Waals surface area contributed by atoms with E-state index in [0.717, 1.165) is 15.6 Å². The van der Waals surface area contributed by atoms with Gasteiger partial charge < -0.3 is 5.32 Å². The third-order valence-corrected chi connectivity index (χ3v) is 4.19. The Morgan fingerprint density at radius 3 is 2.82 bits per heavy atom. The van der Waals surface area contributed by atoms with Crippen LogP contribution in [-0.2, 0) is 0 Å². The molecule has 92 valence electrons. The van der Waals surface area contributed by atoms with Gasteiger partial charge >= 0.3 is 0 Å². The van der Waals surface area contributed by atoms with Crippen LogP contribution >= 0.6 is 22.6 Å². The largest absolute Gasteiger partial charge is 0.349 e. The highest BCUT2D eigenvalue weighted by molar-refractivity contribution is 14.1. The summed E-state index contributed by atoms with van der Waals surface area (Å²) < 4.78 is 1.10. The van der Waals surface area contributed by atoms with Crippen LogP contribution in [0.3, 0.4) is 0 Å². The predicted octanol–water partition coefficient (Wildman–Crippen LogP) is 3.60. The summed E-state index contributed by atoms with van der Waals surface area (Å²) in [7, 11) is 0. The highest BCUT2D eigenvalue weighted by Crippen LogP contribution is 2.24. The molecule has 2 atom stereocenters. The molecule has 0 radical (unpaired) electrons. The van der Waals surface area contributed by atoms with Crippen LogP contribution in [0.5, 0.6) is 0 Å². The van der Waals surface area contributed by atoms with Gasteiger partial charge in [-0.15, -0.1) is 0 Å². The number of halogens is 1. The maximum absolute atomic E-state index is 12.1. The molecule has 2 nitrogen and oxygen atoms in total. The van der Waals surface area contributed by atoms with Gasteiger partial charge in [-0.25, -0.2) is 0 Å². The first-order valence-corrected chi connectivity index (χ1v) is 7.31. The van der Waals surface area contributed by atoms with Crippen molar-refractivity contribution >= 4 is 28.5 Å². The predicted molar refractivity (Wildman–Crippen MR) is 78.0 cm³/mol. The molecule has 1 amide bonds. The summed E-state index contributed by atoms with van der Waals surface area (Å²) in [5, 5.41) is 3.17. The minimum atomic E-state index is 0.0715. The molecule has 0 spiro atoms. The Morgan fingerprint density at radius 1 is 1.35 bits per heavy atom. The van der Waals surface area contributed by atoms with Crippen LogP contribution in [0.2, 0.25) is 0 Å². The zero-order valence-corrected chi connectivity index (χ0v) is 12.2. The summed E-state index contributed by atoms with van der Waals surface area (Å²) >= 11 is 2.23. The van der Waals surface area contributed by atoms with Crippen molar-refractivity contribution in [2.45, 2.75) is 38.6 Å². The van der Waals surface area contributed by atoms with E-state index >= 15 is 0 Å². The van der Waals surface area contributed by atoms with E-state index in [-0.39, 0.29) is 5.91 Å². The van der Waals surface area contributed by atoms with Crippen LogP contribution in [0.4, 0.5) is 0 Å². The lowest BCUT2D eigenvalue weighted by molar-refractivity contribution is 0.0910. The topological polar surface area (TPSA) is 29.1 Å². The van der Waals surface area contributed by atoms with Crippen molar-refractivity contribution in [2.24, 2.45) is 5.92 Å². The monoisotopic (exact) mass is 343 g/mol. The summed E-state index contributed by atoms with van der Waals surface area (Å²) in [4.78, 5) is 12.1. The molecule has 1 aliphatic carbocycles. The second-order valence-corrected chi connectivity index (χ2v) is 6.10. The summed E-state index contributed by atoms with van der Waals surface area (Å²) in [5.41, 5.74) is 0.773. The van der Waals surface area contributed by atoms with Gasteiger partial charge in [-0.2, -0.15) is 0 Å². The summed E-state index contributed by atoms with van der Waals surface area (Å²) in [5.74, 6) is 0.678. The zero-order chi connectivity index (χ0) is 12.3. The molecule has 0 aliphatic heterocycles. The molecule has 0 bridgehead atoms. The Labute approximate surface area is 116 Å². The van der Waals surface area contributed by atoms with Crippen molar-refractivity contribution in [1.82, 2.24) is 5.32 Å². The minimum Gasteiger partial charge on any atom is -0.349 e. The lowest BCUT2D eigenvalue weighted by Gasteiger charge is -2.29. The molecule has 2 rings (SSSR count). The molecular formula is C14H18INO. The highest BCUT2D eigenvalue weighted by Gasteiger charge is 2.23. The summed E-state index contributed by atoms with van der Waals surface area (Å²) in [6.07, 6.45) is 4.90. The van der Waals surface area contributed by atoms with E-state index in [9.17, 15) is 4.79 Å². The zero-order valence-electron chi connectivity index (χ0n) is 10.1. The van der Waals surface area contributed by atoms with E-state index in [2.05, 4.69) is 34.8 Å². The van der Waals surface area contributed by atoms with Crippen molar-refractivity contribution in [2.75, 3.05) is 0 Å². The second kappa shape index (κ2) is 5.85. The Kier molecular flexibility index (Phi) is 4.42. The molecule has 1 fully saturated rings. The molecular weight excluding hydrogens is 325 g/mol. The first-order valence-electron chi connectivity index (χ1n) is 6.23. The van der Waals surface area contributed by atoms with Gasteiger partial charge in [-0.3, -0.25) is 4.79 Å². The van der Waals surface area contributed by atoms with Crippen LogP contribution in [-0.4, -0.2) is 11.9 Å². The maximum Gasteiger partial charge on any atom is 0.251 e. The van der Waals surface area contributed by atoms with Crippen LogP contribution in [0, 0.1) is 9.49 Å². The molecule has 1 aromatic carbocycles. The standard InChI is InChI=1S/C14H18INO/c1-10-5-2-3-8-13(10)16-14(17)11-6-4-7-12(15)9-11/h4,6-7,9-10,13H,2-3,5,8H2,1H3,(H,16,17)/t10-,13-/m0/s1. The average molecular weight is 343 g/mol. The molecule has 0 unspecified atom stereocenters. The molecule has 0 aromatic heterocycles. The summed E-state index contributed by atoms with van der Waals surface area (Å²) in [6.45, 7) is 2.23. The molecule has 17 heavy (non-hydrogen) atoms. The number of hydrogen-bond acceptors (Lipinski definition) is 1. The van der Waals surface area contributed by atoms with Crippen LogP contribution in [0.1, 0.15) is 43.0 Å². The maximum atomic E-state index is 12.1. The Bertz CT molecular complexity index is 405. The van der Waals surface area contributed by atoms with Crippen molar-refractivity contribution in [3.63, 3.8) is 0 Å². The van der Waals surface area contributed by atoms with Gasteiger partial charge in [0.2, 0.25) is 0 Å². The lowest BCUT2D eigenvalue weighted by Crippen LogP contribution is -2.41. The number of carbonyl (C=O) groups is 1. The molecule has 1 aromatic rings. The van der Waals surface area contributed by atoms with E-state index in [1.807, 2.05) is 24.3 Å².